The van der Waals surface area contributed by atoms with Gasteiger partial charge in [0.25, 0.3) is 0 Å². The van der Waals surface area contributed by atoms with E-state index < -0.39 is 0 Å². The smallest absolute Gasteiger partial charge is 0.123 e. The average molecular weight is 250 g/mol. The topological polar surface area (TPSA) is 15.3 Å². The molecule has 0 aromatic heterocycles. The Labute approximate surface area is 109 Å². The zero-order valence-electron chi connectivity index (χ0n) is 11.3. The van der Waals surface area contributed by atoms with Crippen LogP contribution in [0.15, 0.2) is 24.3 Å². The van der Waals surface area contributed by atoms with Gasteiger partial charge in [0.1, 0.15) is 5.82 Å². The Hall–Kier alpha value is -0.930. The van der Waals surface area contributed by atoms with Gasteiger partial charge in [-0.05, 0) is 51.1 Å². The van der Waals surface area contributed by atoms with Crippen molar-refractivity contribution in [1.29, 1.82) is 0 Å². The summed E-state index contributed by atoms with van der Waals surface area (Å²) in [5.74, 6) is -0.136. The first kappa shape index (κ1) is 13.5. The molecule has 1 aromatic rings. The maximum absolute atomic E-state index is 13.2. The average Bonchev–Trinajstić information content (AvgIpc) is 2.38. The summed E-state index contributed by atoms with van der Waals surface area (Å²) < 4.78 is 13.2. The maximum atomic E-state index is 13.2. The second-order valence-electron chi connectivity index (χ2n) is 5.24. The lowest BCUT2D eigenvalue weighted by Crippen LogP contribution is -2.49. The molecule has 0 aliphatic carbocycles. The third-order valence-electron chi connectivity index (χ3n) is 3.97. The molecule has 0 saturated carbocycles. The third-order valence-corrected chi connectivity index (χ3v) is 3.97. The highest BCUT2D eigenvalue weighted by Crippen LogP contribution is 2.22. The van der Waals surface area contributed by atoms with Gasteiger partial charge >= 0.3 is 0 Å². The second-order valence-corrected chi connectivity index (χ2v) is 5.24. The van der Waals surface area contributed by atoms with E-state index in [0.717, 1.165) is 18.7 Å². The summed E-state index contributed by atoms with van der Waals surface area (Å²) in [5.41, 5.74) is 1.07. The fourth-order valence-electron chi connectivity index (χ4n) is 2.84. The monoisotopic (exact) mass is 250 g/mol. The Morgan fingerprint density at radius 3 is 3.00 bits per heavy atom. The van der Waals surface area contributed by atoms with E-state index in [1.807, 2.05) is 13.1 Å². The first-order valence-electron chi connectivity index (χ1n) is 6.86. The molecule has 1 saturated heterocycles. The number of halogens is 1. The van der Waals surface area contributed by atoms with Crippen LogP contribution in [0.3, 0.4) is 0 Å². The van der Waals surface area contributed by atoms with Gasteiger partial charge in [-0.25, -0.2) is 4.39 Å². The number of piperidine rings is 1. The quantitative estimate of drug-likeness (QED) is 0.884. The SMILES string of the molecule is CNC(C)C1CCCCN1Cc1cccc(F)c1. The predicted molar refractivity (Wildman–Crippen MR) is 73.0 cm³/mol. The van der Waals surface area contributed by atoms with Gasteiger partial charge in [-0.2, -0.15) is 0 Å². The van der Waals surface area contributed by atoms with Crippen molar-refractivity contribution in [2.45, 2.75) is 44.8 Å². The number of likely N-dealkylation sites (N-methyl/N-ethyl adjacent to an activating group) is 1. The van der Waals surface area contributed by atoms with E-state index in [1.165, 1.54) is 25.3 Å². The van der Waals surface area contributed by atoms with Gasteiger partial charge in [0.15, 0.2) is 0 Å². The standard InChI is InChI=1S/C15H23FN2/c1-12(17-2)15-8-3-4-9-18(15)11-13-6-5-7-14(16)10-13/h5-7,10,12,15,17H,3-4,8-9,11H2,1-2H3. The van der Waals surface area contributed by atoms with Gasteiger partial charge in [-0.15, -0.1) is 0 Å². The number of hydrogen-bond acceptors (Lipinski definition) is 2. The molecule has 3 heteroatoms. The van der Waals surface area contributed by atoms with Crippen molar-refractivity contribution in [2.75, 3.05) is 13.6 Å². The van der Waals surface area contributed by atoms with Crippen LogP contribution < -0.4 is 5.32 Å². The fourth-order valence-corrected chi connectivity index (χ4v) is 2.84. The van der Waals surface area contributed by atoms with Gasteiger partial charge in [0.2, 0.25) is 0 Å². The largest absolute Gasteiger partial charge is 0.316 e. The van der Waals surface area contributed by atoms with Gasteiger partial charge < -0.3 is 5.32 Å². The third kappa shape index (κ3) is 3.30. The van der Waals surface area contributed by atoms with Gasteiger partial charge in [0, 0.05) is 18.6 Å². The molecule has 0 bridgehead atoms. The van der Waals surface area contributed by atoms with Crippen molar-refractivity contribution >= 4 is 0 Å². The van der Waals surface area contributed by atoms with Crippen LogP contribution in [0.1, 0.15) is 31.7 Å². The van der Waals surface area contributed by atoms with Crippen LogP contribution in [-0.4, -0.2) is 30.6 Å². The minimum atomic E-state index is -0.136. The number of hydrogen-bond donors (Lipinski definition) is 1. The fraction of sp³-hybridized carbons (Fsp3) is 0.600. The molecule has 0 spiro atoms. The summed E-state index contributed by atoms with van der Waals surface area (Å²) in [4.78, 5) is 2.49. The van der Waals surface area contributed by atoms with E-state index in [1.54, 1.807) is 12.1 Å². The van der Waals surface area contributed by atoms with Crippen LogP contribution in [0.5, 0.6) is 0 Å². The van der Waals surface area contributed by atoms with Crippen LogP contribution in [0, 0.1) is 5.82 Å². The van der Waals surface area contributed by atoms with Crippen molar-refractivity contribution < 1.29 is 4.39 Å². The van der Waals surface area contributed by atoms with E-state index >= 15 is 0 Å². The van der Waals surface area contributed by atoms with Crippen molar-refractivity contribution in [3.05, 3.63) is 35.6 Å². The first-order chi connectivity index (χ1) is 8.70. The molecule has 0 radical (unpaired) electrons. The van der Waals surface area contributed by atoms with Crippen LogP contribution >= 0.6 is 0 Å². The lowest BCUT2D eigenvalue weighted by Gasteiger charge is -2.39. The lowest BCUT2D eigenvalue weighted by atomic mass is 9.96. The molecule has 1 aliphatic heterocycles. The Bertz CT molecular complexity index is 381. The molecule has 0 amide bonds. The normalized spacial score (nSPS) is 22.9. The molecule has 2 rings (SSSR count). The number of nitrogens with one attached hydrogen (secondary N) is 1. The molecule has 1 aromatic carbocycles. The lowest BCUT2D eigenvalue weighted by molar-refractivity contribution is 0.114. The molecule has 2 unspecified atom stereocenters. The molecule has 1 N–H and O–H groups in total. The van der Waals surface area contributed by atoms with Crippen molar-refractivity contribution in [3.8, 4) is 0 Å². The molecule has 18 heavy (non-hydrogen) atoms. The molecule has 1 heterocycles. The summed E-state index contributed by atoms with van der Waals surface area (Å²) in [7, 11) is 2.01. The molecule has 1 fully saturated rings. The summed E-state index contributed by atoms with van der Waals surface area (Å²) in [6, 6.07) is 8.01. The highest BCUT2D eigenvalue weighted by atomic mass is 19.1. The van der Waals surface area contributed by atoms with E-state index in [9.17, 15) is 4.39 Å². The van der Waals surface area contributed by atoms with Crippen molar-refractivity contribution in [2.24, 2.45) is 0 Å². The van der Waals surface area contributed by atoms with E-state index in [0.29, 0.717) is 12.1 Å². The second kappa shape index (κ2) is 6.30. The van der Waals surface area contributed by atoms with Crippen LogP contribution in [0.2, 0.25) is 0 Å². The molecule has 100 valence electrons. The minimum absolute atomic E-state index is 0.136. The summed E-state index contributed by atoms with van der Waals surface area (Å²) >= 11 is 0. The van der Waals surface area contributed by atoms with Crippen LogP contribution in [0.4, 0.5) is 4.39 Å². The van der Waals surface area contributed by atoms with Crippen molar-refractivity contribution in [3.63, 3.8) is 0 Å². The van der Waals surface area contributed by atoms with E-state index in [4.69, 9.17) is 0 Å². The van der Waals surface area contributed by atoms with Gasteiger partial charge in [-0.1, -0.05) is 18.6 Å². The van der Waals surface area contributed by atoms with Crippen molar-refractivity contribution in [1.82, 2.24) is 10.2 Å². The maximum Gasteiger partial charge on any atom is 0.123 e. The molecule has 2 nitrogen and oxygen atoms in total. The number of nitrogens with zero attached hydrogens (tertiary/aromatic N) is 1. The van der Waals surface area contributed by atoms with Crippen LogP contribution in [-0.2, 0) is 6.54 Å². The van der Waals surface area contributed by atoms with Gasteiger partial charge in [0.05, 0.1) is 0 Å². The summed E-state index contributed by atoms with van der Waals surface area (Å²) in [6.45, 7) is 4.20. The molecular weight excluding hydrogens is 227 g/mol. The van der Waals surface area contributed by atoms with E-state index in [-0.39, 0.29) is 5.82 Å². The number of likely N-dealkylation sites (tertiary alicyclic amines) is 1. The Morgan fingerprint density at radius 1 is 1.44 bits per heavy atom. The summed E-state index contributed by atoms with van der Waals surface area (Å²) in [6.07, 6.45) is 3.79. The highest BCUT2D eigenvalue weighted by Gasteiger charge is 2.26. The highest BCUT2D eigenvalue weighted by molar-refractivity contribution is 5.16. The Morgan fingerprint density at radius 2 is 2.28 bits per heavy atom. The van der Waals surface area contributed by atoms with E-state index in [2.05, 4.69) is 17.1 Å². The minimum Gasteiger partial charge on any atom is -0.316 e. The molecular formula is C15H23FN2. The Kier molecular flexibility index (Phi) is 4.72. The van der Waals surface area contributed by atoms with Crippen LogP contribution in [0.25, 0.3) is 0 Å². The van der Waals surface area contributed by atoms with Gasteiger partial charge in [-0.3, -0.25) is 4.90 Å². The number of rotatable bonds is 4. The molecule has 2 atom stereocenters. The Balaban J connectivity index is 2.05. The summed E-state index contributed by atoms with van der Waals surface area (Å²) in [5, 5.41) is 3.35. The molecule has 1 aliphatic rings. The predicted octanol–water partition coefficient (Wildman–Crippen LogP) is 2.79. The number of benzene rings is 1. The first-order valence-corrected chi connectivity index (χ1v) is 6.86. The zero-order chi connectivity index (χ0) is 13.0. The zero-order valence-corrected chi connectivity index (χ0v) is 11.3.